The molecule has 1 unspecified atom stereocenters. The maximum atomic E-state index is 11.0. The molecular formula is C15H30N4O2. The second-order valence-corrected chi connectivity index (χ2v) is 5.35. The molecule has 0 saturated carbocycles. The van der Waals surface area contributed by atoms with Crippen molar-refractivity contribution in [3.05, 3.63) is 0 Å². The van der Waals surface area contributed by atoms with Gasteiger partial charge in [0.25, 0.3) is 0 Å². The van der Waals surface area contributed by atoms with Gasteiger partial charge < -0.3 is 15.4 Å². The molecule has 6 nitrogen and oxygen atoms in total. The number of aliphatic imine (C=N–C) groups is 1. The second-order valence-electron chi connectivity index (χ2n) is 5.35. The zero-order valence-electron chi connectivity index (χ0n) is 13.7. The minimum Gasteiger partial charge on any atom is -0.469 e. The summed E-state index contributed by atoms with van der Waals surface area (Å²) < 4.78 is 4.60. The summed E-state index contributed by atoms with van der Waals surface area (Å²) in [4.78, 5) is 17.8. The number of nitrogens with one attached hydrogen (secondary N) is 2. The van der Waals surface area contributed by atoms with Gasteiger partial charge in [0, 0.05) is 32.7 Å². The van der Waals surface area contributed by atoms with Gasteiger partial charge in [-0.25, -0.2) is 0 Å². The van der Waals surface area contributed by atoms with E-state index >= 15 is 0 Å². The maximum absolute atomic E-state index is 11.0. The Hall–Kier alpha value is -1.30. The maximum Gasteiger partial charge on any atom is 0.307 e. The highest BCUT2D eigenvalue weighted by atomic mass is 16.5. The molecule has 0 spiro atoms. The molecular weight excluding hydrogens is 268 g/mol. The predicted octanol–water partition coefficient (Wildman–Crippen LogP) is 0.979. The van der Waals surface area contributed by atoms with Crippen LogP contribution in [0.3, 0.4) is 0 Å². The quantitative estimate of drug-likeness (QED) is 0.417. The molecule has 1 saturated heterocycles. The highest BCUT2D eigenvalue weighted by molar-refractivity contribution is 5.80. The SMILES string of the molecule is CCC1CCCCN1CCNC(=NC)NCCC(=O)OC. The Morgan fingerprint density at radius 3 is 2.76 bits per heavy atom. The standard InChI is InChI=1S/C15H30N4O2/c1-4-13-7-5-6-11-19(13)12-10-18-15(16-2)17-9-8-14(20)21-3/h13H,4-12H2,1-3H3,(H2,16,17,18). The van der Waals surface area contributed by atoms with Gasteiger partial charge in [0.1, 0.15) is 0 Å². The first-order valence-electron chi connectivity index (χ1n) is 7.96. The van der Waals surface area contributed by atoms with Crippen LogP contribution in [0.4, 0.5) is 0 Å². The zero-order valence-corrected chi connectivity index (χ0v) is 13.7. The van der Waals surface area contributed by atoms with Crippen LogP contribution < -0.4 is 10.6 Å². The van der Waals surface area contributed by atoms with Crippen molar-refractivity contribution in [3.63, 3.8) is 0 Å². The monoisotopic (exact) mass is 298 g/mol. The van der Waals surface area contributed by atoms with E-state index in [1.807, 2.05) is 0 Å². The van der Waals surface area contributed by atoms with E-state index < -0.39 is 0 Å². The zero-order chi connectivity index (χ0) is 15.5. The topological polar surface area (TPSA) is 66.0 Å². The minimum absolute atomic E-state index is 0.211. The minimum atomic E-state index is -0.211. The van der Waals surface area contributed by atoms with Crippen LogP contribution in [0.25, 0.3) is 0 Å². The van der Waals surface area contributed by atoms with E-state index in [4.69, 9.17) is 0 Å². The second kappa shape index (κ2) is 10.4. The van der Waals surface area contributed by atoms with Gasteiger partial charge in [0.2, 0.25) is 0 Å². The molecule has 0 bridgehead atoms. The molecule has 0 aliphatic carbocycles. The third-order valence-electron chi connectivity index (χ3n) is 3.98. The predicted molar refractivity (Wildman–Crippen MR) is 85.5 cm³/mol. The smallest absolute Gasteiger partial charge is 0.307 e. The highest BCUT2D eigenvalue weighted by Crippen LogP contribution is 2.18. The number of guanidine groups is 1. The molecule has 1 heterocycles. The molecule has 2 N–H and O–H groups in total. The number of esters is 1. The molecule has 1 atom stereocenters. The van der Waals surface area contributed by atoms with Gasteiger partial charge in [0.15, 0.2) is 5.96 Å². The van der Waals surface area contributed by atoms with Crippen LogP contribution in [0.2, 0.25) is 0 Å². The van der Waals surface area contributed by atoms with Crippen molar-refractivity contribution in [2.75, 3.05) is 40.3 Å². The third-order valence-corrected chi connectivity index (χ3v) is 3.98. The largest absolute Gasteiger partial charge is 0.469 e. The first kappa shape index (κ1) is 17.8. The number of hydrogen-bond donors (Lipinski definition) is 2. The summed E-state index contributed by atoms with van der Waals surface area (Å²) in [6.45, 7) is 5.91. The van der Waals surface area contributed by atoms with Crippen LogP contribution in [-0.4, -0.2) is 63.2 Å². The lowest BCUT2D eigenvalue weighted by molar-refractivity contribution is -0.140. The molecule has 1 rings (SSSR count). The van der Waals surface area contributed by atoms with Crippen molar-refractivity contribution in [1.29, 1.82) is 0 Å². The lowest BCUT2D eigenvalue weighted by Gasteiger charge is -2.35. The van der Waals surface area contributed by atoms with Crippen LogP contribution in [0.5, 0.6) is 0 Å². The lowest BCUT2D eigenvalue weighted by Crippen LogP contribution is -2.46. The van der Waals surface area contributed by atoms with Gasteiger partial charge in [0.05, 0.1) is 13.5 Å². The van der Waals surface area contributed by atoms with Gasteiger partial charge in [-0.3, -0.25) is 14.7 Å². The third kappa shape index (κ3) is 6.80. The fourth-order valence-electron chi connectivity index (χ4n) is 2.74. The van der Waals surface area contributed by atoms with E-state index in [0.29, 0.717) is 13.0 Å². The molecule has 1 aliphatic rings. The Labute approximate surface area is 128 Å². The summed E-state index contributed by atoms with van der Waals surface area (Å²) in [5.41, 5.74) is 0. The van der Waals surface area contributed by atoms with E-state index in [2.05, 4.69) is 32.2 Å². The van der Waals surface area contributed by atoms with Crippen molar-refractivity contribution in [2.24, 2.45) is 4.99 Å². The summed E-state index contributed by atoms with van der Waals surface area (Å²) in [6.07, 6.45) is 5.57. The van der Waals surface area contributed by atoms with E-state index in [0.717, 1.165) is 25.1 Å². The normalized spacial score (nSPS) is 20.1. The van der Waals surface area contributed by atoms with Crippen LogP contribution in [0, 0.1) is 0 Å². The molecule has 21 heavy (non-hydrogen) atoms. The van der Waals surface area contributed by atoms with E-state index in [1.165, 1.54) is 39.3 Å². The molecule has 0 amide bonds. The van der Waals surface area contributed by atoms with Gasteiger partial charge in [-0.05, 0) is 25.8 Å². The van der Waals surface area contributed by atoms with Crippen LogP contribution in [0.1, 0.15) is 39.0 Å². The molecule has 0 aromatic heterocycles. The van der Waals surface area contributed by atoms with Crippen molar-refractivity contribution >= 4 is 11.9 Å². The molecule has 0 radical (unpaired) electrons. The van der Waals surface area contributed by atoms with Crippen LogP contribution in [-0.2, 0) is 9.53 Å². The fourth-order valence-corrected chi connectivity index (χ4v) is 2.74. The first-order chi connectivity index (χ1) is 10.2. The number of carbonyl (C=O) groups is 1. The Morgan fingerprint density at radius 1 is 1.33 bits per heavy atom. The van der Waals surface area contributed by atoms with Gasteiger partial charge in [-0.1, -0.05) is 13.3 Å². The van der Waals surface area contributed by atoms with Crippen molar-refractivity contribution in [3.8, 4) is 0 Å². The van der Waals surface area contributed by atoms with Crippen molar-refractivity contribution < 1.29 is 9.53 Å². The Bertz CT molecular complexity index is 334. The number of carbonyl (C=O) groups excluding carboxylic acids is 1. The Morgan fingerprint density at radius 2 is 2.10 bits per heavy atom. The lowest BCUT2D eigenvalue weighted by atomic mass is 10.0. The van der Waals surface area contributed by atoms with Gasteiger partial charge in [-0.2, -0.15) is 0 Å². The van der Waals surface area contributed by atoms with Crippen molar-refractivity contribution in [2.45, 2.75) is 45.1 Å². The van der Waals surface area contributed by atoms with Crippen molar-refractivity contribution in [1.82, 2.24) is 15.5 Å². The number of hydrogen-bond acceptors (Lipinski definition) is 4. The average molecular weight is 298 g/mol. The van der Waals surface area contributed by atoms with E-state index in [9.17, 15) is 4.79 Å². The molecule has 122 valence electrons. The van der Waals surface area contributed by atoms with E-state index in [-0.39, 0.29) is 5.97 Å². The molecule has 1 fully saturated rings. The Balaban J connectivity index is 2.21. The molecule has 0 aromatic carbocycles. The van der Waals surface area contributed by atoms with Crippen LogP contribution in [0.15, 0.2) is 4.99 Å². The number of likely N-dealkylation sites (tertiary alicyclic amines) is 1. The van der Waals surface area contributed by atoms with Gasteiger partial charge >= 0.3 is 5.97 Å². The highest BCUT2D eigenvalue weighted by Gasteiger charge is 2.19. The summed E-state index contributed by atoms with van der Waals surface area (Å²) in [7, 11) is 3.14. The van der Waals surface area contributed by atoms with Gasteiger partial charge in [-0.15, -0.1) is 0 Å². The fraction of sp³-hybridized carbons (Fsp3) is 0.867. The summed E-state index contributed by atoms with van der Waals surface area (Å²) in [6, 6.07) is 0.731. The molecule has 0 aromatic rings. The average Bonchev–Trinajstić information content (AvgIpc) is 2.53. The summed E-state index contributed by atoms with van der Waals surface area (Å²) in [5, 5.41) is 6.42. The first-order valence-corrected chi connectivity index (χ1v) is 7.96. The molecule has 1 aliphatic heterocycles. The number of rotatable bonds is 7. The number of ether oxygens (including phenoxy) is 1. The number of piperidine rings is 1. The van der Waals surface area contributed by atoms with E-state index in [1.54, 1.807) is 7.05 Å². The summed E-state index contributed by atoms with van der Waals surface area (Å²) in [5.74, 6) is 0.529. The molecule has 6 heteroatoms. The van der Waals surface area contributed by atoms with Crippen LogP contribution >= 0.6 is 0 Å². The summed E-state index contributed by atoms with van der Waals surface area (Å²) >= 11 is 0. The number of nitrogens with zero attached hydrogens (tertiary/aromatic N) is 2. The Kier molecular flexibility index (Phi) is 8.82. The number of methoxy groups -OCH3 is 1.